The van der Waals surface area contributed by atoms with Gasteiger partial charge in [-0.25, -0.2) is 15.2 Å². The van der Waals surface area contributed by atoms with Gasteiger partial charge in [-0.05, 0) is 37.8 Å². The van der Waals surface area contributed by atoms with Crippen LogP contribution in [0.2, 0.25) is 5.15 Å². The molecule has 1 aromatic heterocycles. The number of rotatable bonds is 5. The van der Waals surface area contributed by atoms with Crippen LogP contribution in [0.5, 0.6) is 0 Å². The van der Waals surface area contributed by atoms with E-state index in [1.807, 2.05) is 13.8 Å². The molecule has 1 aromatic rings. The first-order chi connectivity index (χ1) is 13.0. The number of aliphatic imine (C=N–C) groups is 1. The van der Waals surface area contributed by atoms with Crippen molar-refractivity contribution < 1.29 is 9.90 Å². The zero-order chi connectivity index (χ0) is 20.8. The molecule has 27 heavy (non-hydrogen) atoms. The number of nitrogens with zero attached hydrogens (tertiary/aromatic N) is 3. The second-order valence-electron chi connectivity index (χ2n) is 5.43. The van der Waals surface area contributed by atoms with Crippen molar-refractivity contribution in [3.8, 4) is 6.57 Å². The molecule has 1 aliphatic rings. The van der Waals surface area contributed by atoms with Gasteiger partial charge in [-0.2, -0.15) is 0 Å². The highest BCUT2D eigenvalue weighted by atomic mass is 35.5. The molecule has 9 heteroatoms. The van der Waals surface area contributed by atoms with Gasteiger partial charge < -0.3 is 21.9 Å². The zero-order valence-corrected chi connectivity index (χ0v) is 16.4. The second kappa shape index (κ2) is 13.6. The maximum absolute atomic E-state index is 11.6. The van der Waals surface area contributed by atoms with Crippen molar-refractivity contribution in [3.63, 3.8) is 0 Å². The van der Waals surface area contributed by atoms with Crippen molar-refractivity contribution in [2.24, 2.45) is 16.5 Å². The Bertz CT molecular complexity index is 650. The monoisotopic (exact) mass is 394 g/mol. The first-order valence-corrected chi connectivity index (χ1v) is 8.99. The van der Waals surface area contributed by atoms with Crippen molar-refractivity contribution in [1.29, 1.82) is 5.26 Å². The van der Waals surface area contributed by atoms with Gasteiger partial charge in [0, 0.05) is 18.8 Å². The van der Waals surface area contributed by atoms with Gasteiger partial charge in [0.25, 0.3) is 5.91 Å². The van der Waals surface area contributed by atoms with Crippen LogP contribution in [0.15, 0.2) is 35.1 Å². The largest absolute Gasteiger partial charge is 0.393 e. The predicted octanol–water partition coefficient (Wildman–Crippen LogP) is 2.15. The normalized spacial score (nSPS) is 19.6. The van der Waals surface area contributed by atoms with Crippen molar-refractivity contribution in [3.05, 3.63) is 35.3 Å². The van der Waals surface area contributed by atoms with Crippen molar-refractivity contribution in [2.45, 2.75) is 51.7 Å². The Hall–Kier alpha value is -2.63. The Morgan fingerprint density at radius 1 is 1.33 bits per heavy atom. The summed E-state index contributed by atoms with van der Waals surface area (Å²) in [7, 11) is 0. The van der Waals surface area contributed by atoms with Gasteiger partial charge in [0.05, 0.1) is 23.6 Å². The van der Waals surface area contributed by atoms with Crippen LogP contribution in [0.3, 0.4) is 0 Å². The van der Waals surface area contributed by atoms with E-state index < -0.39 is 5.91 Å². The number of carbonyl (C=O) groups is 1. The number of hydrogen-bond donors (Lipinski definition) is 4. The van der Waals surface area contributed by atoms with Crippen LogP contribution in [-0.2, 0) is 4.79 Å². The Kier molecular flexibility index (Phi) is 12.2. The molecule has 2 rings (SSSR count). The van der Waals surface area contributed by atoms with Crippen LogP contribution in [0.25, 0.3) is 0 Å². The first-order valence-electron chi connectivity index (χ1n) is 8.61. The zero-order valence-electron chi connectivity index (χ0n) is 15.6. The van der Waals surface area contributed by atoms with E-state index in [1.54, 1.807) is 12.1 Å². The number of nitrogens with one attached hydrogen (secondary N) is 1. The maximum Gasteiger partial charge on any atom is 0.253 e. The molecule has 0 atom stereocenters. The van der Waals surface area contributed by atoms with E-state index >= 15 is 0 Å². The third-order valence-corrected chi connectivity index (χ3v) is 3.89. The maximum atomic E-state index is 11.6. The van der Waals surface area contributed by atoms with Crippen LogP contribution in [0, 0.1) is 11.8 Å². The summed E-state index contributed by atoms with van der Waals surface area (Å²) in [5, 5.41) is 19.5. The Morgan fingerprint density at radius 2 is 1.93 bits per heavy atom. The molecule has 0 aliphatic heterocycles. The van der Waals surface area contributed by atoms with Gasteiger partial charge in [-0.3, -0.25) is 4.79 Å². The summed E-state index contributed by atoms with van der Waals surface area (Å²) in [5.74, 6) is -0.665. The number of carbonyl (C=O) groups excluding carboxylic acids is 1. The summed E-state index contributed by atoms with van der Waals surface area (Å²) in [6, 6.07) is 3.39. The fourth-order valence-electron chi connectivity index (χ4n) is 2.35. The molecule has 1 aliphatic carbocycles. The molecule has 1 heterocycles. The molecular formula is C18H27ClN6O2. The smallest absolute Gasteiger partial charge is 0.253 e. The molecule has 1 amide bonds. The average Bonchev–Trinajstić information content (AvgIpc) is 2.68. The summed E-state index contributed by atoms with van der Waals surface area (Å²) >= 11 is 5.70. The number of aliphatic hydroxyl groups is 1. The van der Waals surface area contributed by atoms with Gasteiger partial charge in [-0.15, -0.1) is 0 Å². The van der Waals surface area contributed by atoms with E-state index in [4.69, 9.17) is 28.3 Å². The minimum Gasteiger partial charge on any atom is -0.393 e. The lowest BCUT2D eigenvalue weighted by Crippen LogP contribution is -2.34. The molecule has 0 aromatic carbocycles. The molecule has 0 radical (unpaired) electrons. The lowest BCUT2D eigenvalue weighted by molar-refractivity contribution is -0.114. The highest BCUT2D eigenvalue weighted by molar-refractivity contribution is 6.29. The average molecular weight is 395 g/mol. The fourth-order valence-corrected chi connectivity index (χ4v) is 2.46. The summed E-state index contributed by atoms with van der Waals surface area (Å²) in [4.78, 5) is 19.6. The van der Waals surface area contributed by atoms with E-state index in [0.29, 0.717) is 10.8 Å². The SMILES string of the molecule is C#N.CC.NC(=O)/C(=C/NC1CCC(O)CC1)C(N)=Nc1ccc(Cl)nc1. The van der Waals surface area contributed by atoms with Gasteiger partial charge in [0.2, 0.25) is 0 Å². The van der Waals surface area contributed by atoms with Crippen LogP contribution in [-0.4, -0.2) is 34.0 Å². The van der Waals surface area contributed by atoms with Gasteiger partial charge in [0.15, 0.2) is 0 Å². The van der Waals surface area contributed by atoms with Gasteiger partial charge >= 0.3 is 0 Å². The molecule has 1 fully saturated rings. The lowest BCUT2D eigenvalue weighted by atomic mass is 9.93. The van der Waals surface area contributed by atoms with Crippen LogP contribution in [0.4, 0.5) is 5.69 Å². The third-order valence-electron chi connectivity index (χ3n) is 3.66. The Morgan fingerprint density at radius 3 is 2.41 bits per heavy atom. The molecule has 0 spiro atoms. The molecule has 8 nitrogen and oxygen atoms in total. The molecule has 0 unspecified atom stereocenters. The van der Waals surface area contributed by atoms with E-state index in [0.717, 1.165) is 25.7 Å². The summed E-state index contributed by atoms with van der Waals surface area (Å²) in [5.41, 5.74) is 11.8. The van der Waals surface area contributed by atoms with E-state index in [9.17, 15) is 9.90 Å². The predicted molar refractivity (Wildman–Crippen MR) is 107 cm³/mol. The minimum atomic E-state index is -0.670. The topological polar surface area (TPSA) is 150 Å². The van der Waals surface area contributed by atoms with Crippen LogP contribution in [0.1, 0.15) is 39.5 Å². The highest BCUT2D eigenvalue weighted by Crippen LogP contribution is 2.18. The van der Waals surface area contributed by atoms with Gasteiger partial charge in [-0.1, -0.05) is 25.4 Å². The number of pyridine rings is 1. The van der Waals surface area contributed by atoms with Crippen molar-refractivity contribution in [1.82, 2.24) is 10.3 Å². The molecule has 1 saturated carbocycles. The van der Waals surface area contributed by atoms with Crippen molar-refractivity contribution >= 4 is 29.0 Å². The number of amidine groups is 1. The molecular weight excluding hydrogens is 368 g/mol. The molecule has 6 N–H and O–H groups in total. The summed E-state index contributed by atoms with van der Waals surface area (Å²) < 4.78 is 0. The van der Waals surface area contributed by atoms with E-state index in [1.165, 1.54) is 12.4 Å². The number of primary amides is 1. The van der Waals surface area contributed by atoms with E-state index in [2.05, 4.69) is 21.9 Å². The summed E-state index contributed by atoms with van der Waals surface area (Å²) in [6.45, 7) is 7.50. The number of aliphatic hydroxyl groups excluding tert-OH is 1. The van der Waals surface area contributed by atoms with E-state index in [-0.39, 0.29) is 23.6 Å². The second-order valence-corrected chi connectivity index (χ2v) is 5.82. The number of aromatic nitrogens is 1. The standard InChI is InChI=1S/C15H20ClN5O2.C2H6.CHN/c16-13-6-3-10(7-20-13)21-14(17)12(15(18)23)8-19-9-1-4-11(22)5-2-9;2*1-2/h3,6-9,11,19,22H,1-2,4-5H2,(H2,17,21)(H2,18,23);1-2H3;1H/b12-8+;;. The molecule has 0 saturated heterocycles. The number of nitrogens with two attached hydrogens (primary N) is 2. The van der Waals surface area contributed by atoms with Crippen LogP contribution < -0.4 is 16.8 Å². The van der Waals surface area contributed by atoms with Crippen LogP contribution >= 0.6 is 11.6 Å². The number of halogens is 1. The Labute approximate surface area is 164 Å². The number of amides is 1. The number of hydrogen-bond acceptors (Lipinski definition) is 6. The Balaban J connectivity index is 0.00000158. The first kappa shape index (κ1) is 24.4. The quantitative estimate of drug-likeness (QED) is 0.260. The molecule has 148 valence electrons. The van der Waals surface area contributed by atoms with Gasteiger partial charge in [0.1, 0.15) is 11.0 Å². The lowest BCUT2D eigenvalue weighted by Gasteiger charge is -2.25. The third kappa shape index (κ3) is 9.03. The number of nitriles is 1. The highest BCUT2D eigenvalue weighted by Gasteiger charge is 2.19. The van der Waals surface area contributed by atoms with Crippen molar-refractivity contribution in [2.75, 3.05) is 0 Å². The molecule has 0 bridgehead atoms. The minimum absolute atomic E-state index is 0.00460. The fraction of sp³-hybridized carbons (Fsp3) is 0.444. The summed E-state index contributed by atoms with van der Waals surface area (Å²) in [6.07, 6.45) is 5.81.